The summed E-state index contributed by atoms with van der Waals surface area (Å²) in [6, 6.07) is 1.64. The second kappa shape index (κ2) is 3.85. The van der Waals surface area contributed by atoms with Crippen LogP contribution < -0.4 is 5.73 Å². The summed E-state index contributed by atoms with van der Waals surface area (Å²) in [5.74, 6) is -3.54. The molecule has 1 aliphatic rings. The van der Waals surface area contributed by atoms with Crippen molar-refractivity contribution in [2.75, 3.05) is 0 Å². The topological polar surface area (TPSA) is 26.0 Å². The van der Waals surface area contributed by atoms with Crippen LogP contribution in [0.5, 0.6) is 0 Å². The molecule has 0 aliphatic heterocycles. The zero-order valence-corrected chi connectivity index (χ0v) is 8.14. The van der Waals surface area contributed by atoms with Crippen LogP contribution in [0.15, 0.2) is 12.1 Å². The van der Waals surface area contributed by atoms with Gasteiger partial charge in [-0.15, -0.1) is 0 Å². The minimum atomic E-state index is -1.43. The Kier molecular flexibility index (Phi) is 2.69. The first-order valence-electron chi connectivity index (χ1n) is 5.00. The van der Waals surface area contributed by atoms with Gasteiger partial charge in [0, 0.05) is 11.6 Å². The van der Waals surface area contributed by atoms with Crippen LogP contribution >= 0.6 is 0 Å². The van der Waals surface area contributed by atoms with Gasteiger partial charge >= 0.3 is 0 Å². The van der Waals surface area contributed by atoms with Crippen LogP contribution in [-0.4, -0.2) is 0 Å². The molecule has 0 amide bonds. The Morgan fingerprint density at radius 3 is 2.33 bits per heavy atom. The van der Waals surface area contributed by atoms with E-state index in [4.69, 9.17) is 5.73 Å². The Morgan fingerprint density at radius 2 is 1.80 bits per heavy atom. The van der Waals surface area contributed by atoms with Crippen molar-refractivity contribution in [1.82, 2.24) is 0 Å². The Morgan fingerprint density at radius 1 is 1.13 bits per heavy atom. The molecule has 4 heteroatoms. The van der Waals surface area contributed by atoms with Crippen LogP contribution in [0, 0.1) is 23.4 Å². The monoisotopic (exact) mass is 215 g/mol. The van der Waals surface area contributed by atoms with Crippen molar-refractivity contribution in [3.63, 3.8) is 0 Å². The van der Waals surface area contributed by atoms with Gasteiger partial charge in [-0.25, -0.2) is 13.2 Å². The summed E-state index contributed by atoms with van der Waals surface area (Å²) < 4.78 is 38.9. The lowest BCUT2D eigenvalue weighted by Gasteiger charge is -2.31. The highest BCUT2D eigenvalue weighted by molar-refractivity contribution is 5.24. The van der Waals surface area contributed by atoms with Crippen molar-refractivity contribution in [2.45, 2.75) is 25.3 Å². The van der Waals surface area contributed by atoms with E-state index in [0.717, 1.165) is 25.3 Å². The molecule has 0 saturated heterocycles. The van der Waals surface area contributed by atoms with Gasteiger partial charge in [0.1, 0.15) is 0 Å². The van der Waals surface area contributed by atoms with E-state index in [-0.39, 0.29) is 11.5 Å². The average molecular weight is 215 g/mol. The molecule has 1 atom stereocenters. The third kappa shape index (κ3) is 1.74. The van der Waals surface area contributed by atoms with Gasteiger partial charge in [0.05, 0.1) is 0 Å². The lowest BCUT2D eigenvalue weighted by molar-refractivity contribution is 0.258. The molecule has 0 unspecified atom stereocenters. The molecular weight excluding hydrogens is 203 g/mol. The van der Waals surface area contributed by atoms with Crippen LogP contribution in [0.4, 0.5) is 13.2 Å². The molecular formula is C11H12F3N. The van der Waals surface area contributed by atoms with E-state index < -0.39 is 23.5 Å². The van der Waals surface area contributed by atoms with Crippen LogP contribution in [0.3, 0.4) is 0 Å². The molecule has 1 nitrogen and oxygen atoms in total. The highest BCUT2D eigenvalue weighted by Crippen LogP contribution is 2.37. The normalized spacial score (nSPS) is 18.7. The maximum Gasteiger partial charge on any atom is 0.194 e. The average Bonchev–Trinajstić information content (AvgIpc) is 2.11. The molecule has 15 heavy (non-hydrogen) atoms. The summed E-state index contributed by atoms with van der Waals surface area (Å²) in [6.45, 7) is 0. The van der Waals surface area contributed by atoms with E-state index in [1.807, 2.05) is 0 Å². The largest absolute Gasteiger partial charge is 0.324 e. The van der Waals surface area contributed by atoms with Gasteiger partial charge in [0.2, 0.25) is 0 Å². The molecule has 1 aromatic carbocycles. The predicted molar refractivity (Wildman–Crippen MR) is 50.6 cm³/mol. The number of nitrogens with two attached hydrogens (primary N) is 1. The summed E-state index contributed by atoms with van der Waals surface area (Å²) in [7, 11) is 0. The second-order valence-corrected chi connectivity index (χ2v) is 3.98. The summed E-state index contributed by atoms with van der Waals surface area (Å²) in [5.41, 5.74) is 5.87. The molecule has 2 rings (SSSR count). The molecule has 0 bridgehead atoms. The van der Waals surface area contributed by atoms with Gasteiger partial charge in [-0.3, -0.25) is 0 Å². The number of hydrogen-bond acceptors (Lipinski definition) is 1. The Bertz CT molecular complexity index is 374. The molecule has 0 heterocycles. The third-order valence-corrected chi connectivity index (χ3v) is 3.08. The fourth-order valence-corrected chi connectivity index (χ4v) is 1.85. The summed E-state index contributed by atoms with van der Waals surface area (Å²) in [6.07, 6.45) is 2.93. The maximum atomic E-state index is 13.3. The van der Waals surface area contributed by atoms with E-state index in [0.29, 0.717) is 0 Å². The Balaban J connectivity index is 2.31. The van der Waals surface area contributed by atoms with Crippen LogP contribution in [0.2, 0.25) is 0 Å². The standard InChI is InChI=1S/C11H12F3N/c12-8-5-4-7(9(13)10(8)14)11(15)6-2-1-3-6/h4-6,11H,1-3,15H2/t11-/m1/s1. The smallest absolute Gasteiger partial charge is 0.194 e. The van der Waals surface area contributed by atoms with Crippen molar-refractivity contribution in [2.24, 2.45) is 11.7 Å². The fraction of sp³-hybridized carbons (Fsp3) is 0.455. The SMILES string of the molecule is N[C@@H](c1ccc(F)c(F)c1F)C1CCC1. The van der Waals surface area contributed by atoms with Gasteiger partial charge in [0.15, 0.2) is 17.5 Å². The molecule has 0 spiro atoms. The highest BCUT2D eigenvalue weighted by Gasteiger charge is 2.28. The Labute approximate surface area is 86.1 Å². The lowest BCUT2D eigenvalue weighted by Crippen LogP contribution is -2.28. The van der Waals surface area contributed by atoms with Crippen LogP contribution in [-0.2, 0) is 0 Å². The molecule has 2 N–H and O–H groups in total. The molecule has 1 fully saturated rings. The zero-order chi connectivity index (χ0) is 11.0. The predicted octanol–water partition coefficient (Wildman–Crippen LogP) is 2.90. The quantitative estimate of drug-likeness (QED) is 0.754. The molecule has 1 aromatic rings. The first-order valence-corrected chi connectivity index (χ1v) is 5.00. The zero-order valence-electron chi connectivity index (χ0n) is 8.14. The summed E-state index contributed by atoms with van der Waals surface area (Å²) in [4.78, 5) is 0. The Hall–Kier alpha value is -1.03. The third-order valence-electron chi connectivity index (χ3n) is 3.08. The minimum absolute atomic E-state index is 0.0820. The highest BCUT2D eigenvalue weighted by atomic mass is 19.2. The van der Waals surface area contributed by atoms with Gasteiger partial charge in [-0.1, -0.05) is 12.5 Å². The van der Waals surface area contributed by atoms with Crippen molar-refractivity contribution in [3.05, 3.63) is 35.1 Å². The number of rotatable bonds is 2. The number of halogens is 3. The van der Waals surface area contributed by atoms with Crippen LogP contribution in [0.1, 0.15) is 30.9 Å². The number of benzene rings is 1. The second-order valence-electron chi connectivity index (χ2n) is 3.98. The fourth-order valence-electron chi connectivity index (χ4n) is 1.85. The summed E-state index contributed by atoms with van der Waals surface area (Å²) in [5, 5.41) is 0. The van der Waals surface area contributed by atoms with Crippen LogP contribution in [0.25, 0.3) is 0 Å². The first kappa shape index (κ1) is 10.5. The number of hydrogen-bond donors (Lipinski definition) is 1. The van der Waals surface area contributed by atoms with Crippen molar-refractivity contribution >= 4 is 0 Å². The van der Waals surface area contributed by atoms with E-state index in [9.17, 15) is 13.2 Å². The lowest BCUT2D eigenvalue weighted by atomic mass is 9.77. The molecule has 1 aliphatic carbocycles. The molecule has 1 saturated carbocycles. The molecule has 0 radical (unpaired) electrons. The molecule has 82 valence electrons. The van der Waals surface area contributed by atoms with Gasteiger partial charge in [-0.2, -0.15) is 0 Å². The van der Waals surface area contributed by atoms with E-state index in [1.165, 1.54) is 6.07 Å². The van der Waals surface area contributed by atoms with Gasteiger partial charge in [-0.05, 0) is 24.8 Å². The van der Waals surface area contributed by atoms with E-state index in [1.54, 1.807) is 0 Å². The molecule has 0 aromatic heterocycles. The van der Waals surface area contributed by atoms with E-state index in [2.05, 4.69) is 0 Å². The van der Waals surface area contributed by atoms with Crippen molar-refractivity contribution in [3.8, 4) is 0 Å². The van der Waals surface area contributed by atoms with E-state index >= 15 is 0 Å². The summed E-state index contributed by atoms with van der Waals surface area (Å²) >= 11 is 0. The van der Waals surface area contributed by atoms with Crippen molar-refractivity contribution < 1.29 is 13.2 Å². The first-order chi connectivity index (χ1) is 7.11. The van der Waals surface area contributed by atoms with Gasteiger partial charge < -0.3 is 5.73 Å². The van der Waals surface area contributed by atoms with Gasteiger partial charge in [0.25, 0.3) is 0 Å². The van der Waals surface area contributed by atoms with Crippen molar-refractivity contribution in [1.29, 1.82) is 0 Å². The minimum Gasteiger partial charge on any atom is -0.324 e. The maximum absolute atomic E-state index is 13.3.